The number of phenols is 1. The lowest BCUT2D eigenvalue weighted by Crippen LogP contribution is -2.51. The first-order valence-corrected chi connectivity index (χ1v) is 5.02. The molecule has 2 rings (SSSR count). The standard InChI is InChI=1S/C11H13NO4/c13-5-9-6-16-7-11(15)12(9)8-2-1-3-10(14)4-8/h1-4,9,13-14H,5-7H2. The molecule has 5 heteroatoms. The maximum atomic E-state index is 11.7. The monoisotopic (exact) mass is 223 g/mol. The first kappa shape index (κ1) is 10.9. The van der Waals surface area contributed by atoms with Crippen LogP contribution in [0.5, 0.6) is 5.75 Å². The minimum absolute atomic E-state index is 0.00611. The van der Waals surface area contributed by atoms with E-state index in [9.17, 15) is 15.0 Å². The molecule has 16 heavy (non-hydrogen) atoms. The first-order chi connectivity index (χ1) is 7.72. The van der Waals surface area contributed by atoms with Gasteiger partial charge >= 0.3 is 0 Å². The molecule has 1 aliphatic heterocycles. The van der Waals surface area contributed by atoms with E-state index in [2.05, 4.69) is 0 Å². The van der Waals surface area contributed by atoms with E-state index in [-0.39, 0.29) is 30.9 Å². The van der Waals surface area contributed by atoms with Crippen LogP contribution in [0.3, 0.4) is 0 Å². The molecule has 1 heterocycles. The Balaban J connectivity index is 2.31. The van der Waals surface area contributed by atoms with Crippen LogP contribution in [0.2, 0.25) is 0 Å². The first-order valence-electron chi connectivity index (χ1n) is 5.02. The van der Waals surface area contributed by atoms with Crippen LogP contribution < -0.4 is 4.90 Å². The second-order valence-electron chi connectivity index (χ2n) is 3.64. The van der Waals surface area contributed by atoms with Crippen molar-refractivity contribution in [3.8, 4) is 5.75 Å². The van der Waals surface area contributed by atoms with Gasteiger partial charge in [0.25, 0.3) is 5.91 Å². The summed E-state index contributed by atoms with van der Waals surface area (Å²) < 4.78 is 5.05. The number of rotatable bonds is 2. The third kappa shape index (κ3) is 2.00. The molecule has 1 unspecified atom stereocenters. The molecule has 1 fully saturated rings. The molecule has 0 aromatic heterocycles. The van der Waals surface area contributed by atoms with E-state index in [4.69, 9.17) is 4.74 Å². The Kier molecular flexibility index (Phi) is 3.07. The molecule has 0 bridgehead atoms. The topological polar surface area (TPSA) is 70.0 Å². The van der Waals surface area contributed by atoms with Gasteiger partial charge in [0.1, 0.15) is 12.4 Å². The molecule has 0 aliphatic carbocycles. The van der Waals surface area contributed by atoms with E-state index < -0.39 is 0 Å². The number of ether oxygens (including phenoxy) is 1. The molecule has 86 valence electrons. The van der Waals surface area contributed by atoms with Crippen molar-refractivity contribution in [1.82, 2.24) is 0 Å². The van der Waals surface area contributed by atoms with Crippen LogP contribution in [0, 0.1) is 0 Å². The summed E-state index contributed by atoms with van der Waals surface area (Å²) in [6.07, 6.45) is 0. The van der Waals surface area contributed by atoms with E-state index in [0.717, 1.165) is 0 Å². The third-order valence-electron chi connectivity index (χ3n) is 2.49. The zero-order valence-corrected chi connectivity index (χ0v) is 8.67. The van der Waals surface area contributed by atoms with Gasteiger partial charge in [-0.1, -0.05) is 6.07 Å². The predicted octanol–water partition coefficient (Wildman–Crippen LogP) is 0.116. The highest BCUT2D eigenvalue weighted by Gasteiger charge is 2.29. The lowest BCUT2D eigenvalue weighted by Gasteiger charge is -2.34. The minimum Gasteiger partial charge on any atom is -0.508 e. The molecule has 1 aromatic carbocycles. The molecule has 0 saturated carbocycles. The molecule has 1 atom stereocenters. The Morgan fingerprint density at radius 2 is 2.31 bits per heavy atom. The quantitative estimate of drug-likeness (QED) is 0.747. The van der Waals surface area contributed by atoms with Gasteiger partial charge in [-0.3, -0.25) is 4.79 Å². The van der Waals surface area contributed by atoms with Gasteiger partial charge < -0.3 is 19.8 Å². The maximum absolute atomic E-state index is 11.7. The largest absolute Gasteiger partial charge is 0.508 e. The normalized spacial score (nSPS) is 21.2. The molecule has 0 radical (unpaired) electrons. The smallest absolute Gasteiger partial charge is 0.253 e. The van der Waals surface area contributed by atoms with Crippen molar-refractivity contribution in [2.24, 2.45) is 0 Å². The zero-order valence-electron chi connectivity index (χ0n) is 8.67. The van der Waals surface area contributed by atoms with Crippen LogP contribution in [0.15, 0.2) is 24.3 Å². The number of carbonyl (C=O) groups is 1. The van der Waals surface area contributed by atoms with Gasteiger partial charge in [-0.15, -0.1) is 0 Å². The van der Waals surface area contributed by atoms with Crippen LogP contribution in [-0.4, -0.2) is 42.0 Å². The van der Waals surface area contributed by atoms with Gasteiger partial charge in [-0.25, -0.2) is 0 Å². The van der Waals surface area contributed by atoms with Gasteiger partial charge in [-0.2, -0.15) is 0 Å². The lowest BCUT2D eigenvalue weighted by molar-refractivity contribution is -0.128. The van der Waals surface area contributed by atoms with E-state index in [1.54, 1.807) is 12.1 Å². The van der Waals surface area contributed by atoms with Gasteiger partial charge in [0.15, 0.2) is 0 Å². The van der Waals surface area contributed by atoms with Crippen LogP contribution >= 0.6 is 0 Å². The average molecular weight is 223 g/mol. The number of amides is 1. The van der Waals surface area contributed by atoms with E-state index >= 15 is 0 Å². The summed E-state index contributed by atoms with van der Waals surface area (Å²) in [7, 11) is 0. The van der Waals surface area contributed by atoms with Crippen LogP contribution in [0.1, 0.15) is 0 Å². The van der Waals surface area contributed by atoms with Crippen LogP contribution in [0.4, 0.5) is 5.69 Å². The highest BCUT2D eigenvalue weighted by molar-refractivity contribution is 5.95. The average Bonchev–Trinajstić information content (AvgIpc) is 2.28. The SMILES string of the molecule is O=C1COCC(CO)N1c1cccc(O)c1. The second kappa shape index (κ2) is 4.51. The molecule has 1 aromatic rings. The van der Waals surface area contributed by atoms with E-state index in [1.807, 2.05) is 0 Å². The summed E-state index contributed by atoms with van der Waals surface area (Å²) in [5.74, 6) is -0.121. The van der Waals surface area contributed by atoms with E-state index in [1.165, 1.54) is 17.0 Å². The Bertz CT molecular complexity index is 393. The van der Waals surface area contributed by atoms with Gasteiger partial charge in [0.2, 0.25) is 0 Å². The number of hydrogen-bond donors (Lipinski definition) is 2. The second-order valence-corrected chi connectivity index (χ2v) is 3.64. The number of anilines is 1. The highest BCUT2D eigenvalue weighted by atomic mass is 16.5. The molecule has 2 N–H and O–H groups in total. The van der Waals surface area contributed by atoms with Gasteiger partial charge in [0.05, 0.1) is 19.3 Å². The molecular weight excluding hydrogens is 210 g/mol. The number of nitrogens with zero attached hydrogens (tertiary/aromatic N) is 1. The number of aliphatic hydroxyl groups excluding tert-OH is 1. The summed E-state index contributed by atoms with van der Waals surface area (Å²) in [6.45, 7) is 0.144. The summed E-state index contributed by atoms with van der Waals surface area (Å²) >= 11 is 0. The van der Waals surface area contributed by atoms with Gasteiger partial charge in [0, 0.05) is 11.8 Å². The molecule has 1 amide bonds. The predicted molar refractivity (Wildman–Crippen MR) is 57.3 cm³/mol. The number of phenolic OH excluding ortho intramolecular Hbond substituents is 1. The van der Waals surface area contributed by atoms with Crippen LogP contribution in [0.25, 0.3) is 0 Å². The Morgan fingerprint density at radius 3 is 3.00 bits per heavy atom. The van der Waals surface area contributed by atoms with Gasteiger partial charge in [-0.05, 0) is 12.1 Å². The van der Waals surface area contributed by atoms with Crippen molar-refractivity contribution >= 4 is 11.6 Å². The van der Waals surface area contributed by atoms with Crippen molar-refractivity contribution in [2.75, 3.05) is 24.7 Å². The summed E-state index contributed by atoms with van der Waals surface area (Å²) in [4.78, 5) is 13.1. The number of aromatic hydroxyl groups is 1. The number of benzene rings is 1. The fraction of sp³-hybridized carbons (Fsp3) is 0.364. The maximum Gasteiger partial charge on any atom is 0.253 e. The molecule has 0 spiro atoms. The highest BCUT2D eigenvalue weighted by Crippen LogP contribution is 2.24. The molecule has 1 saturated heterocycles. The molecule has 5 nitrogen and oxygen atoms in total. The Labute approximate surface area is 92.9 Å². The third-order valence-corrected chi connectivity index (χ3v) is 2.49. The van der Waals surface area contributed by atoms with Crippen molar-refractivity contribution in [3.63, 3.8) is 0 Å². The van der Waals surface area contributed by atoms with Crippen LogP contribution in [-0.2, 0) is 9.53 Å². The number of hydrogen-bond acceptors (Lipinski definition) is 4. The van der Waals surface area contributed by atoms with E-state index in [0.29, 0.717) is 12.3 Å². The number of carbonyl (C=O) groups excluding carboxylic acids is 1. The lowest BCUT2D eigenvalue weighted by atomic mass is 10.2. The summed E-state index contributed by atoms with van der Waals surface area (Å²) in [6, 6.07) is 6.00. The minimum atomic E-state index is -0.386. The molecular formula is C11H13NO4. The molecule has 1 aliphatic rings. The zero-order chi connectivity index (χ0) is 11.5. The summed E-state index contributed by atoms with van der Waals surface area (Å²) in [5, 5.41) is 18.5. The van der Waals surface area contributed by atoms with Crippen molar-refractivity contribution in [3.05, 3.63) is 24.3 Å². The van der Waals surface area contributed by atoms with Crippen molar-refractivity contribution in [2.45, 2.75) is 6.04 Å². The van der Waals surface area contributed by atoms with Crippen molar-refractivity contribution in [1.29, 1.82) is 0 Å². The fourth-order valence-electron chi connectivity index (χ4n) is 1.76. The van der Waals surface area contributed by atoms with Crippen molar-refractivity contribution < 1.29 is 19.7 Å². The summed E-state index contributed by atoms with van der Waals surface area (Å²) in [5.41, 5.74) is 0.576. The number of aliphatic hydroxyl groups is 1. The number of morpholine rings is 1. The Hall–Kier alpha value is -1.59. The fourth-order valence-corrected chi connectivity index (χ4v) is 1.76. The Morgan fingerprint density at radius 1 is 1.50 bits per heavy atom.